The summed E-state index contributed by atoms with van der Waals surface area (Å²) in [5, 5.41) is 0.694. The second-order valence-electron chi connectivity index (χ2n) is 7.22. The quantitative estimate of drug-likeness (QED) is 0.622. The number of carbonyl (C=O) groups is 2. The largest absolute Gasteiger partial charge is 0.452 e. The monoisotopic (exact) mass is 407 g/mol. The van der Waals surface area contributed by atoms with Crippen molar-refractivity contribution in [3.05, 3.63) is 71.7 Å². The zero-order valence-corrected chi connectivity index (χ0v) is 16.7. The summed E-state index contributed by atoms with van der Waals surface area (Å²) in [6, 6.07) is 15.6. The van der Waals surface area contributed by atoms with Crippen LogP contribution < -0.4 is 4.90 Å². The Hall–Kier alpha value is -3.48. The first kappa shape index (κ1) is 19.8. The smallest absolute Gasteiger partial charge is 0.339 e. The van der Waals surface area contributed by atoms with Crippen LogP contribution in [0, 0.1) is 12.7 Å². The van der Waals surface area contributed by atoms with E-state index < -0.39 is 5.97 Å². The molecule has 4 rings (SSSR count). The average Bonchev–Trinajstić information content (AvgIpc) is 2.77. The number of para-hydroxylation sites is 2. The van der Waals surface area contributed by atoms with Crippen LogP contribution in [0.1, 0.15) is 16.1 Å². The van der Waals surface area contributed by atoms with E-state index in [2.05, 4.69) is 4.98 Å². The number of ether oxygens (including phenoxy) is 1. The van der Waals surface area contributed by atoms with Crippen molar-refractivity contribution in [2.24, 2.45) is 0 Å². The normalized spacial score (nSPS) is 14.1. The Kier molecular flexibility index (Phi) is 5.61. The van der Waals surface area contributed by atoms with E-state index in [1.165, 1.54) is 6.07 Å². The van der Waals surface area contributed by atoms with Crippen molar-refractivity contribution in [3.8, 4) is 0 Å². The van der Waals surface area contributed by atoms with Crippen LogP contribution in [0.3, 0.4) is 0 Å². The first-order valence-corrected chi connectivity index (χ1v) is 9.83. The molecule has 0 spiro atoms. The Morgan fingerprint density at radius 2 is 1.73 bits per heavy atom. The van der Waals surface area contributed by atoms with Gasteiger partial charge in [0.2, 0.25) is 0 Å². The second-order valence-corrected chi connectivity index (χ2v) is 7.22. The van der Waals surface area contributed by atoms with Crippen LogP contribution in [0.5, 0.6) is 0 Å². The van der Waals surface area contributed by atoms with Crippen LogP contribution in [0.25, 0.3) is 10.9 Å². The third kappa shape index (κ3) is 4.10. The molecule has 7 heteroatoms. The molecule has 154 valence electrons. The van der Waals surface area contributed by atoms with Gasteiger partial charge in [0, 0.05) is 37.3 Å². The summed E-state index contributed by atoms with van der Waals surface area (Å²) in [5.41, 5.74) is 2.35. The average molecular weight is 407 g/mol. The number of hydrogen-bond donors (Lipinski definition) is 0. The Bertz CT molecular complexity index is 1090. The highest BCUT2D eigenvalue weighted by Crippen LogP contribution is 2.21. The number of carbonyl (C=O) groups excluding carboxylic acids is 2. The van der Waals surface area contributed by atoms with Crippen molar-refractivity contribution in [3.63, 3.8) is 0 Å². The number of benzene rings is 2. The topological polar surface area (TPSA) is 62.7 Å². The number of aromatic nitrogens is 1. The predicted molar refractivity (Wildman–Crippen MR) is 112 cm³/mol. The maximum atomic E-state index is 14.0. The minimum Gasteiger partial charge on any atom is -0.452 e. The summed E-state index contributed by atoms with van der Waals surface area (Å²) < 4.78 is 19.3. The van der Waals surface area contributed by atoms with Gasteiger partial charge in [0.1, 0.15) is 5.82 Å². The molecule has 0 unspecified atom stereocenters. The third-order valence-electron chi connectivity index (χ3n) is 5.22. The number of fused-ring (bicyclic) bond motifs is 1. The highest BCUT2D eigenvalue weighted by Gasteiger charge is 2.24. The Balaban J connectivity index is 1.36. The van der Waals surface area contributed by atoms with Gasteiger partial charge in [0.05, 0.1) is 16.8 Å². The Morgan fingerprint density at radius 3 is 2.50 bits per heavy atom. The van der Waals surface area contributed by atoms with E-state index >= 15 is 0 Å². The molecule has 1 aliphatic heterocycles. The molecule has 0 N–H and O–H groups in total. The zero-order chi connectivity index (χ0) is 21.1. The molecule has 3 aromatic rings. The summed E-state index contributed by atoms with van der Waals surface area (Å²) in [6.45, 7) is 3.42. The summed E-state index contributed by atoms with van der Waals surface area (Å²) in [5.74, 6) is -1.08. The lowest BCUT2D eigenvalue weighted by molar-refractivity contribution is -0.134. The summed E-state index contributed by atoms with van der Waals surface area (Å²) in [4.78, 5) is 33.1. The third-order valence-corrected chi connectivity index (χ3v) is 5.22. The number of amides is 1. The fraction of sp³-hybridized carbons (Fsp3) is 0.261. The maximum Gasteiger partial charge on any atom is 0.339 e. The van der Waals surface area contributed by atoms with E-state index in [1.54, 1.807) is 29.2 Å². The molecular weight excluding hydrogens is 385 g/mol. The van der Waals surface area contributed by atoms with E-state index in [1.807, 2.05) is 36.1 Å². The SMILES string of the molecule is Cc1cc(C(=O)OCC(=O)N2CCN(c3ccccc3F)CC2)c2ccccc2n1. The lowest BCUT2D eigenvalue weighted by atomic mass is 10.1. The number of pyridine rings is 1. The lowest BCUT2D eigenvalue weighted by Crippen LogP contribution is -2.50. The van der Waals surface area contributed by atoms with Crippen molar-refractivity contribution in [2.45, 2.75) is 6.92 Å². The number of halogens is 1. The molecule has 1 fully saturated rings. The molecule has 6 nitrogen and oxygen atoms in total. The van der Waals surface area contributed by atoms with Crippen molar-refractivity contribution >= 4 is 28.5 Å². The van der Waals surface area contributed by atoms with Gasteiger partial charge in [-0.3, -0.25) is 9.78 Å². The van der Waals surface area contributed by atoms with Crippen LogP contribution in [0.4, 0.5) is 10.1 Å². The number of nitrogens with zero attached hydrogens (tertiary/aromatic N) is 3. The molecule has 0 atom stereocenters. The van der Waals surface area contributed by atoms with Crippen molar-refractivity contribution < 1.29 is 18.7 Å². The number of aryl methyl sites for hydroxylation is 1. The lowest BCUT2D eigenvalue weighted by Gasteiger charge is -2.36. The number of rotatable bonds is 4. The molecule has 0 saturated carbocycles. The molecule has 0 aliphatic carbocycles. The first-order chi connectivity index (χ1) is 14.5. The summed E-state index contributed by atoms with van der Waals surface area (Å²) in [7, 11) is 0. The van der Waals surface area contributed by atoms with Crippen LogP contribution in [-0.2, 0) is 9.53 Å². The first-order valence-electron chi connectivity index (χ1n) is 9.83. The maximum absolute atomic E-state index is 14.0. The van der Waals surface area contributed by atoms with Gasteiger partial charge in [-0.05, 0) is 31.2 Å². The van der Waals surface area contributed by atoms with Gasteiger partial charge in [-0.2, -0.15) is 0 Å². The second kappa shape index (κ2) is 8.49. The van der Waals surface area contributed by atoms with Gasteiger partial charge in [-0.25, -0.2) is 9.18 Å². The van der Waals surface area contributed by atoms with E-state index in [0.717, 1.165) is 0 Å². The number of piperazine rings is 1. The zero-order valence-electron chi connectivity index (χ0n) is 16.7. The molecular formula is C23H22FN3O3. The van der Waals surface area contributed by atoms with Gasteiger partial charge < -0.3 is 14.5 Å². The highest BCUT2D eigenvalue weighted by molar-refractivity contribution is 6.04. The molecule has 1 aromatic heterocycles. The predicted octanol–water partition coefficient (Wildman–Crippen LogP) is 3.19. The van der Waals surface area contributed by atoms with Crippen molar-refractivity contribution in [2.75, 3.05) is 37.7 Å². The summed E-state index contributed by atoms with van der Waals surface area (Å²) in [6.07, 6.45) is 0. The minimum absolute atomic E-state index is 0.258. The molecule has 1 saturated heterocycles. The minimum atomic E-state index is -0.546. The van der Waals surface area contributed by atoms with E-state index in [4.69, 9.17) is 4.74 Å². The van der Waals surface area contributed by atoms with Crippen LogP contribution in [0.2, 0.25) is 0 Å². The number of esters is 1. The van der Waals surface area contributed by atoms with Crippen molar-refractivity contribution in [1.82, 2.24) is 9.88 Å². The van der Waals surface area contributed by atoms with Crippen molar-refractivity contribution in [1.29, 1.82) is 0 Å². The van der Waals surface area contributed by atoms with E-state index in [-0.39, 0.29) is 18.3 Å². The molecule has 2 aromatic carbocycles. The van der Waals surface area contributed by atoms with Gasteiger partial charge in [0.25, 0.3) is 5.91 Å². The fourth-order valence-corrected chi connectivity index (χ4v) is 3.68. The van der Waals surface area contributed by atoms with Gasteiger partial charge >= 0.3 is 5.97 Å². The Morgan fingerprint density at radius 1 is 1.03 bits per heavy atom. The Labute approximate surface area is 173 Å². The van der Waals surface area contributed by atoms with Crippen LogP contribution in [0.15, 0.2) is 54.6 Å². The van der Waals surface area contributed by atoms with E-state index in [9.17, 15) is 14.0 Å². The van der Waals surface area contributed by atoms with Gasteiger partial charge in [-0.1, -0.05) is 30.3 Å². The number of anilines is 1. The highest BCUT2D eigenvalue weighted by atomic mass is 19.1. The molecule has 1 amide bonds. The molecule has 0 radical (unpaired) electrons. The van der Waals surface area contributed by atoms with Crippen LogP contribution >= 0.6 is 0 Å². The number of hydrogen-bond acceptors (Lipinski definition) is 5. The van der Waals surface area contributed by atoms with Crippen LogP contribution in [-0.4, -0.2) is 54.5 Å². The molecule has 1 aliphatic rings. The van der Waals surface area contributed by atoms with E-state index in [0.29, 0.717) is 54.0 Å². The summed E-state index contributed by atoms with van der Waals surface area (Å²) >= 11 is 0. The molecule has 30 heavy (non-hydrogen) atoms. The van der Waals surface area contributed by atoms with Gasteiger partial charge in [0.15, 0.2) is 6.61 Å². The standard InChI is InChI=1S/C23H22FN3O3/c1-16-14-18(17-6-2-4-8-20(17)25-16)23(29)30-15-22(28)27-12-10-26(11-13-27)21-9-5-3-7-19(21)24/h2-9,14H,10-13,15H2,1H3. The molecule has 0 bridgehead atoms. The fourth-order valence-electron chi connectivity index (χ4n) is 3.68. The van der Waals surface area contributed by atoms with Gasteiger partial charge in [-0.15, -0.1) is 0 Å². The molecule has 2 heterocycles.